The molecule has 7 nitrogen and oxygen atoms in total. The third kappa shape index (κ3) is 6.61. The molecule has 0 saturated carbocycles. The Labute approximate surface area is 188 Å². The van der Waals surface area contributed by atoms with Crippen LogP contribution in [-0.2, 0) is 15.8 Å². The van der Waals surface area contributed by atoms with Gasteiger partial charge in [0, 0.05) is 5.69 Å². The van der Waals surface area contributed by atoms with Gasteiger partial charge in [-0.3, -0.25) is 9.59 Å². The monoisotopic (exact) mass is 545 g/mol. The fourth-order valence-electron chi connectivity index (χ4n) is 2.39. The van der Waals surface area contributed by atoms with Crippen LogP contribution in [0.25, 0.3) is 6.08 Å². The SMILES string of the molecule is COc1cc(/C=C(\C#N)C(=O)Nc2cccc(C(F)(F)F)c2)cc(I)c1OCC(N)=O. The Kier molecular flexibility index (Phi) is 7.87. The van der Waals surface area contributed by atoms with Crippen LogP contribution in [0.3, 0.4) is 0 Å². The number of primary amides is 1. The van der Waals surface area contributed by atoms with Gasteiger partial charge in [0.15, 0.2) is 18.1 Å². The van der Waals surface area contributed by atoms with Crippen molar-refractivity contribution in [1.29, 1.82) is 5.26 Å². The van der Waals surface area contributed by atoms with E-state index in [0.29, 0.717) is 9.13 Å². The predicted octanol–water partition coefficient (Wildman–Crippen LogP) is 3.73. The molecule has 0 aliphatic rings. The minimum absolute atomic E-state index is 0.108. The summed E-state index contributed by atoms with van der Waals surface area (Å²) < 4.78 is 49.5. The molecule has 0 fully saturated rings. The minimum Gasteiger partial charge on any atom is -0.493 e. The number of methoxy groups -OCH3 is 1. The summed E-state index contributed by atoms with van der Waals surface area (Å²) in [6.45, 7) is -0.371. The molecule has 0 heterocycles. The summed E-state index contributed by atoms with van der Waals surface area (Å²) >= 11 is 1.91. The molecule has 2 aromatic rings. The van der Waals surface area contributed by atoms with Crippen LogP contribution in [0.5, 0.6) is 11.5 Å². The number of anilines is 1. The fraction of sp³-hybridized carbons (Fsp3) is 0.150. The molecule has 0 spiro atoms. The summed E-state index contributed by atoms with van der Waals surface area (Å²) in [4.78, 5) is 23.3. The Morgan fingerprint density at radius 1 is 1.29 bits per heavy atom. The highest BCUT2D eigenvalue weighted by Crippen LogP contribution is 2.35. The summed E-state index contributed by atoms with van der Waals surface area (Å²) in [6, 6.07) is 8.80. The first-order valence-corrected chi connectivity index (χ1v) is 9.52. The average molecular weight is 545 g/mol. The Hall–Kier alpha value is -3.27. The van der Waals surface area contributed by atoms with Gasteiger partial charge in [-0.05, 0) is 64.6 Å². The third-order valence-corrected chi connectivity index (χ3v) is 4.54. The number of nitrogens with one attached hydrogen (secondary N) is 1. The van der Waals surface area contributed by atoms with Crippen LogP contribution in [-0.4, -0.2) is 25.5 Å². The van der Waals surface area contributed by atoms with Crippen LogP contribution in [0.4, 0.5) is 18.9 Å². The molecule has 3 N–H and O–H groups in total. The number of amides is 2. The van der Waals surface area contributed by atoms with E-state index in [1.807, 2.05) is 22.6 Å². The maximum atomic E-state index is 12.8. The number of halogens is 4. The topological polar surface area (TPSA) is 114 Å². The van der Waals surface area contributed by atoms with E-state index in [4.69, 9.17) is 15.2 Å². The molecule has 0 aliphatic carbocycles. The first-order valence-electron chi connectivity index (χ1n) is 8.44. The second-order valence-electron chi connectivity index (χ2n) is 5.99. The van der Waals surface area contributed by atoms with Gasteiger partial charge in [0.1, 0.15) is 11.6 Å². The Balaban J connectivity index is 2.30. The normalized spacial score (nSPS) is 11.4. The lowest BCUT2D eigenvalue weighted by Crippen LogP contribution is -2.20. The Morgan fingerprint density at radius 2 is 2.00 bits per heavy atom. The zero-order chi connectivity index (χ0) is 23.2. The van der Waals surface area contributed by atoms with Crippen molar-refractivity contribution in [2.24, 2.45) is 5.73 Å². The average Bonchev–Trinajstić information content (AvgIpc) is 2.70. The summed E-state index contributed by atoms with van der Waals surface area (Å²) in [7, 11) is 1.36. The lowest BCUT2D eigenvalue weighted by molar-refractivity contribution is -0.137. The number of hydrogen-bond donors (Lipinski definition) is 2. The summed E-state index contributed by atoms with van der Waals surface area (Å²) in [5.41, 5.74) is 4.07. The number of alkyl halides is 3. The van der Waals surface area contributed by atoms with E-state index in [1.54, 1.807) is 12.1 Å². The minimum atomic E-state index is -4.57. The number of ether oxygens (including phenoxy) is 2. The van der Waals surface area contributed by atoms with Crippen LogP contribution in [0.15, 0.2) is 42.0 Å². The molecule has 0 atom stereocenters. The summed E-state index contributed by atoms with van der Waals surface area (Å²) in [5, 5.41) is 11.6. The zero-order valence-electron chi connectivity index (χ0n) is 15.9. The van der Waals surface area contributed by atoms with Gasteiger partial charge in [-0.15, -0.1) is 0 Å². The Bertz CT molecular complexity index is 1080. The van der Waals surface area contributed by atoms with Gasteiger partial charge in [0.25, 0.3) is 11.8 Å². The second-order valence-corrected chi connectivity index (χ2v) is 7.15. The van der Waals surface area contributed by atoms with Crippen molar-refractivity contribution in [3.63, 3.8) is 0 Å². The van der Waals surface area contributed by atoms with Crippen molar-refractivity contribution < 1.29 is 32.2 Å². The third-order valence-electron chi connectivity index (χ3n) is 3.73. The van der Waals surface area contributed by atoms with Crippen molar-refractivity contribution in [2.45, 2.75) is 6.18 Å². The Morgan fingerprint density at radius 3 is 2.58 bits per heavy atom. The molecule has 2 rings (SSSR count). The largest absolute Gasteiger partial charge is 0.493 e. The number of carbonyl (C=O) groups excluding carboxylic acids is 2. The molecule has 162 valence electrons. The lowest BCUT2D eigenvalue weighted by Gasteiger charge is -2.13. The van der Waals surface area contributed by atoms with Gasteiger partial charge in [-0.1, -0.05) is 6.07 Å². The number of nitriles is 1. The van der Waals surface area contributed by atoms with Crippen molar-refractivity contribution in [3.8, 4) is 17.6 Å². The number of nitrogens with two attached hydrogens (primary N) is 1. The van der Waals surface area contributed by atoms with E-state index in [-0.39, 0.29) is 29.4 Å². The van der Waals surface area contributed by atoms with Crippen LogP contribution in [0.1, 0.15) is 11.1 Å². The highest BCUT2D eigenvalue weighted by Gasteiger charge is 2.30. The summed E-state index contributed by atoms with van der Waals surface area (Å²) in [5.74, 6) is -1.08. The highest BCUT2D eigenvalue weighted by molar-refractivity contribution is 14.1. The van der Waals surface area contributed by atoms with Gasteiger partial charge in [0.05, 0.1) is 16.2 Å². The van der Waals surface area contributed by atoms with Crippen LogP contribution in [0.2, 0.25) is 0 Å². The molecule has 0 aliphatic heterocycles. The molecular weight excluding hydrogens is 530 g/mol. The molecule has 2 aromatic carbocycles. The van der Waals surface area contributed by atoms with Gasteiger partial charge in [0.2, 0.25) is 0 Å². The fourth-order valence-corrected chi connectivity index (χ4v) is 3.17. The molecule has 31 heavy (non-hydrogen) atoms. The van der Waals surface area contributed by atoms with Crippen molar-refractivity contribution >= 4 is 46.2 Å². The van der Waals surface area contributed by atoms with E-state index in [9.17, 15) is 28.0 Å². The maximum absolute atomic E-state index is 12.8. The van der Waals surface area contributed by atoms with Crippen molar-refractivity contribution in [2.75, 3.05) is 19.0 Å². The molecule has 0 aromatic heterocycles. The number of benzene rings is 2. The number of carbonyl (C=O) groups is 2. The standard InChI is InChI=1S/C20H15F3IN3O4/c1-30-16-7-11(6-15(24)18(16)31-10-17(26)28)5-12(9-25)19(29)27-14-4-2-3-13(8-14)20(21,22)23/h2-8H,10H2,1H3,(H2,26,28)(H,27,29)/b12-5+. The van der Waals surface area contributed by atoms with E-state index in [2.05, 4.69) is 5.32 Å². The van der Waals surface area contributed by atoms with Crippen LogP contribution < -0.4 is 20.5 Å². The van der Waals surface area contributed by atoms with E-state index in [1.165, 1.54) is 25.3 Å². The number of hydrogen-bond acceptors (Lipinski definition) is 5. The van der Waals surface area contributed by atoms with E-state index < -0.39 is 23.6 Å². The molecular formula is C20H15F3IN3O4. The molecule has 2 amide bonds. The molecule has 0 radical (unpaired) electrons. The van der Waals surface area contributed by atoms with Gasteiger partial charge in [-0.25, -0.2) is 0 Å². The molecule has 0 unspecified atom stereocenters. The smallest absolute Gasteiger partial charge is 0.416 e. The number of nitrogens with zero attached hydrogens (tertiary/aromatic N) is 1. The van der Waals surface area contributed by atoms with E-state index in [0.717, 1.165) is 18.2 Å². The predicted molar refractivity (Wildman–Crippen MR) is 114 cm³/mol. The molecule has 0 bridgehead atoms. The maximum Gasteiger partial charge on any atom is 0.416 e. The van der Waals surface area contributed by atoms with E-state index >= 15 is 0 Å². The summed E-state index contributed by atoms with van der Waals surface area (Å²) in [6.07, 6.45) is -3.33. The quantitative estimate of drug-likeness (QED) is 0.313. The first-order chi connectivity index (χ1) is 14.5. The molecule has 0 saturated heterocycles. The highest BCUT2D eigenvalue weighted by atomic mass is 127. The van der Waals surface area contributed by atoms with Gasteiger partial charge < -0.3 is 20.5 Å². The zero-order valence-corrected chi connectivity index (χ0v) is 18.1. The second kappa shape index (κ2) is 10.2. The lowest BCUT2D eigenvalue weighted by atomic mass is 10.1. The molecule has 11 heteroatoms. The van der Waals surface area contributed by atoms with Crippen molar-refractivity contribution in [3.05, 3.63) is 56.7 Å². The first kappa shape index (κ1) is 24.0. The van der Waals surface area contributed by atoms with Crippen molar-refractivity contribution in [1.82, 2.24) is 0 Å². The van der Waals surface area contributed by atoms with Crippen LogP contribution in [0, 0.1) is 14.9 Å². The van der Waals surface area contributed by atoms with Gasteiger partial charge in [-0.2, -0.15) is 18.4 Å². The van der Waals surface area contributed by atoms with Crippen LogP contribution >= 0.6 is 22.6 Å². The van der Waals surface area contributed by atoms with Gasteiger partial charge >= 0.3 is 6.18 Å². The number of rotatable bonds is 7.